The first-order chi connectivity index (χ1) is 9.72. The van der Waals surface area contributed by atoms with Gasteiger partial charge in [-0.3, -0.25) is 4.79 Å². The molecule has 3 nitrogen and oxygen atoms in total. The van der Waals surface area contributed by atoms with Crippen LogP contribution in [0.5, 0.6) is 5.75 Å². The molecule has 0 aliphatic rings. The van der Waals surface area contributed by atoms with E-state index in [9.17, 15) is 4.79 Å². The number of amides is 1. The van der Waals surface area contributed by atoms with Crippen molar-refractivity contribution in [2.45, 2.75) is 60.6 Å². The lowest BCUT2D eigenvalue weighted by Gasteiger charge is -2.27. The second-order valence-corrected chi connectivity index (χ2v) is 6.55. The van der Waals surface area contributed by atoms with Crippen molar-refractivity contribution in [2.24, 2.45) is 11.8 Å². The number of carbonyl (C=O) groups excluding carboxylic acids is 1. The van der Waals surface area contributed by atoms with Gasteiger partial charge in [-0.15, -0.1) is 0 Å². The molecule has 0 spiro atoms. The normalized spacial score (nSPS) is 12.9. The first-order valence-electron chi connectivity index (χ1n) is 7.76. The van der Waals surface area contributed by atoms with Crippen molar-refractivity contribution >= 4 is 5.91 Å². The molecule has 1 aromatic rings. The van der Waals surface area contributed by atoms with E-state index in [1.54, 1.807) is 6.92 Å². The van der Waals surface area contributed by atoms with E-state index >= 15 is 0 Å². The van der Waals surface area contributed by atoms with Crippen molar-refractivity contribution in [2.75, 3.05) is 0 Å². The molecule has 21 heavy (non-hydrogen) atoms. The van der Waals surface area contributed by atoms with E-state index in [0.717, 1.165) is 16.9 Å². The molecule has 0 saturated carbocycles. The topological polar surface area (TPSA) is 38.3 Å². The minimum Gasteiger partial charge on any atom is -0.481 e. The first-order valence-corrected chi connectivity index (χ1v) is 7.76. The minimum atomic E-state index is -0.495. The van der Waals surface area contributed by atoms with Crippen molar-refractivity contribution in [3.05, 3.63) is 29.3 Å². The molecule has 118 valence electrons. The van der Waals surface area contributed by atoms with Crippen LogP contribution in [-0.4, -0.2) is 18.1 Å². The Labute approximate surface area is 129 Å². The molecule has 0 heterocycles. The van der Waals surface area contributed by atoms with Crippen molar-refractivity contribution < 1.29 is 9.53 Å². The Kier molecular flexibility index (Phi) is 6.25. The van der Waals surface area contributed by atoms with Gasteiger partial charge in [0.25, 0.3) is 5.91 Å². The van der Waals surface area contributed by atoms with Gasteiger partial charge >= 0.3 is 0 Å². The fourth-order valence-electron chi connectivity index (χ4n) is 2.46. The Morgan fingerprint density at radius 2 is 1.62 bits per heavy atom. The Morgan fingerprint density at radius 1 is 1.05 bits per heavy atom. The third kappa shape index (κ3) is 5.07. The molecule has 0 unspecified atom stereocenters. The van der Waals surface area contributed by atoms with Crippen LogP contribution >= 0.6 is 0 Å². The molecule has 1 N–H and O–H groups in total. The molecule has 1 rings (SSSR count). The summed E-state index contributed by atoms with van der Waals surface area (Å²) in [4.78, 5) is 12.3. The SMILES string of the molecule is Cc1ccc(C)c(O[C@@H](C)C(=O)NC(C(C)C)C(C)C)c1. The third-order valence-corrected chi connectivity index (χ3v) is 3.76. The summed E-state index contributed by atoms with van der Waals surface area (Å²) in [6.45, 7) is 14.3. The van der Waals surface area contributed by atoms with E-state index in [1.807, 2.05) is 32.0 Å². The van der Waals surface area contributed by atoms with Crippen LogP contribution in [0.15, 0.2) is 18.2 Å². The highest BCUT2D eigenvalue weighted by Gasteiger charge is 2.23. The zero-order chi connectivity index (χ0) is 16.2. The smallest absolute Gasteiger partial charge is 0.261 e. The molecule has 1 aromatic carbocycles. The molecular formula is C18H29NO2. The van der Waals surface area contributed by atoms with Gasteiger partial charge in [-0.05, 0) is 49.8 Å². The number of ether oxygens (including phenoxy) is 1. The van der Waals surface area contributed by atoms with Gasteiger partial charge < -0.3 is 10.1 Å². The maximum Gasteiger partial charge on any atom is 0.261 e. The molecule has 0 saturated heterocycles. The molecule has 0 aliphatic heterocycles. The fourth-order valence-corrected chi connectivity index (χ4v) is 2.46. The molecule has 0 radical (unpaired) electrons. The second kappa shape index (κ2) is 7.48. The van der Waals surface area contributed by atoms with E-state index in [2.05, 4.69) is 33.0 Å². The zero-order valence-corrected chi connectivity index (χ0v) is 14.4. The Balaban J connectivity index is 2.72. The molecule has 1 amide bonds. The summed E-state index contributed by atoms with van der Waals surface area (Å²) in [6, 6.07) is 6.20. The van der Waals surface area contributed by atoms with Crippen LogP contribution in [-0.2, 0) is 4.79 Å². The van der Waals surface area contributed by atoms with E-state index in [1.165, 1.54) is 0 Å². The van der Waals surface area contributed by atoms with Gasteiger partial charge in [0.2, 0.25) is 0 Å². The lowest BCUT2D eigenvalue weighted by Crippen LogP contribution is -2.47. The van der Waals surface area contributed by atoms with Crippen LogP contribution in [0, 0.1) is 25.7 Å². The van der Waals surface area contributed by atoms with Crippen molar-refractivity contribution in [3.63, 3.8) is 0 Å². The number of hydrogen-bond donors (Lipinski definition) is 1. The average Bonchev–Trinajstić information content (AvgIpc) is 2.38. The first kappa shape index (κ1) is 17.5. The summed E-state index contributed by atoms with van der Waals surface area (Å²) in [5.74, 6) is 1.54. The standard InChI is InChI=1S/C18H29NO2/c1-11(2)17(12(3)4)19-18(20)15(7)21-16-10-13(5)8-9-14(16)6/h8-12,15,17H,1-7H3,(H,19,20)/t15-/m0/s1. The maximum absolute atomic E-state index is 12.3. The van der Waals surface area contributed by atoms with Gasteiger partial charge in [-0.25, -0.2) is 0 Å². The molecule has 3 heteroatoms. The van der Waals surface area contributed by atoms with Gasteiger partial charge in [0, 0.05) is 6.04 Å². The summed E-state index contributed by atoms with van der Waals surface area (Å²) in [6.07, 6.45) is -0.495. The van der Waals surface area contributed by atoms with Crippen LogP contribution in [0.1, 0.15) is 45.7 Å². The second-order valence-electron chi connectivity index (χ2n) is 6.55. The minimum absolute atomic E-state index is 0.0525. The Bertz CT molecular complexity index is 472. The van der Waals surface area contributed by atoms with E-state index < -0.39 is 6.10 Å². The zero-order valence-electron chi connectivity index (χ0n) is 14.4. The number of aryl methyl sites for hydroxylation is 2. The number of rotatable bonds is 6. The Hall–Kier alpha value is -1.51. The van der Waals surface area contributed by atoms with Crippen LogP contribution < -0.4 is 10.1 Å². The summed E-state index contributed by atoms with van der Waals surface area (Å²) in [7, 11) is 0. The van der Waals surface area contributed by atoms with Crippen LogP contribution in [0.3, 0.4) is 0 Å². The molecule has 0 bridgehead atoms. The molecule has 0 aromatic heterocycles. The largest absolute Gasteiger partial charge is 0.481 e. The summed E-state index contributed by atoms with van der Waals surface area (Å²) in [5.41, 5.74) is 2.18. The van der Waals surface area contributed by atoms with E-state index in [4.69, 9.17) is 4.74 Å². The summed E-state index contributed by atoms with van der Waals surface area (Å²) < 4.78 is 5.84. The lowest BCUT2D eigenvalue weighted by molar-refractivity contribution is -0.128. The highest BCUT2D eigenvalue weighted by Crippen LogP contribution is 2.21. The van der Waals surface area contributed by atoms with Gasteiger partial charge in [-0.1, -0.05) is 39.8 Å². The molecule has 0 fully saturated rings. The molecule has 0 aliphatic carbocycles. The van der Waals surface area contributed by atoms with Gasteiger partial charge in [0.15, 0.2) is 6.10 Å². The highest BCUT2D eigenvalue weighted by atomic mass is 16.5. The van der Waals surface area contributed by atoms with Gasteiger partial charge in [0.05, 0.1) is 0 Å². The van der Waals surface area contributed by atoms with Crippen molar-refractivity contribution in [1.82, 2.24) is 5.32 Å². The predicted molar refractivity (Wildman–Crippen MR) is 87.6 cm³/mol. The lowest BCUT2D eigenvalue weighted by atomic mass is 9.93. The van der Waals surface area contributed by atoms with Gasteiger partial charge in [0.1, 0.15) is 5.75 Å². The monoisotopic (exact) mass is 291 g/mol. The van der Waals surface area contributed by atoms with Crippen molar-refractivity contribution in [1.29, 1.82) is 0 Å². The van der Waals surface area contributed by atoms with Crippen LogP contribution in [0.2, 0.25) is 0 Å². The molecule has 1 atom stereocenters. The van der Waals surface area contributed by atoms with Crippen LogP contribution in [0.4, 0.5) is 0 Å². The van der Waals surface area contributed by atoms with Crippen LogP contribution in [0.25, 0.3) is 0 Å². The quantitative estimate of drug-likeness (QED) is 0.864. The summed E-state index contributed by atoms with van der Waals surface area (Å²) in [5, 5.41) is 3.11. The number of nitrogens with one attached hydrogen (secondary N) is 1. The summed E-state index contributed by atoms with van der Waals surface area (Å²) >= 11 is 0. The Morgan fingerprint density at radius 3 is 2.14 bits per heavy atom. The highest BCUT2D eigenvalue weighted by molar-refractivity contribution is 5.81. The number of carbonyl (C=O) groups is 1. The van der Waals surface area contributed by atoms with Crippen molar-refractivity contribution in [3.8, 4) is 5.75 Å². The maximum atomic E-state index is 12.3. The fraction of sp³-hybridized carbons (Fsp3) is 0.611. The third-order valence-electron chi connectivity index (χ3n) is 3.76. The molecular weight excluding hydrogens is 262 g/mol. The number of hydrogen-bond acceptors (Lipinski definition) is 2. The average molecular weight is 291 g/mol. The number of benzene rings is 1. The van der Waals surface area contributed by atoms with E-state index in [0.29, 0.717) is 11.8 Å². The van der Waals surface area contributed by atoms with Gasteiger partial charge in [-0.2, -0.15) is 0 Å². The predicted octanol–water partition coefficient (Wildman–Crippen LogP) is 3.87. The van der Waals surface area contributed by atoms with E-state index in [-0.39, 0.29) is 11.9 Å².